The quantitative estimate of drug-likeness (QED) is 0.839. The Morgan fingerprint density at radius 3 is 2.33 bits per heavy atom. The summed E-state index contributed by atoms with van der Waals surface area (Å²) in [6.45, 7) is 4.41. The molecule has 3 rings (SSSR count). The smallest absolute Gasteiger partial charge is 0.236 e. The van der Waals surface area contributed by atoms with Crippen molar-refractivity contribution in [3.05, 3.63) is 34.9 Å². The summed E-state index contributed by atoms with van der Waals surface area (Å²) in [7, 11) is 0. The fourth-order valence-electron chi connectivity index (χ4n) is 3.95. The van der Waals surface area contributed by atoms with Crippen LogP contribution in [0.2, 0.25) is 5.02 Å². The molecule has 6 heteroatoms. The average molecular weight is 392 g/mol. The summed E-state index contributed by atoms with van der Waals surface area (Å²) in [6, 6.07) is 7.55. The van der Waals surface area contributed by atoms with E-state index in [9.17, 15) is 9.59 Å². The van der Waals surface area contributed by atoms with Crippen LogP contribution >= 0.6 is 11.6 Å². The number of piperidine rings is 1. The lowest BCUT2D eigenvalue weighted by Crippen LogP contribution is -2.46. The van der Waals surface area contributed by atoms with E-state index in [1.54, 1.807) is 0 Å². The Balaban J connectivity index is 1.40. The molecule has 2 fully saturated rings. The molecule has 0 aromatic heterocycles. The Labute approximate surface area is 167 Å². The third-order valence-corrected chi connectivity index (χ3v) is 6.06. The Morgan fingerprint density at radius 1 is 1.00 bits per heavy atom. The van der Waals surface area contributed by atoms with Crippen LogP contribution in [-0.4, -0.2) is 54.3 Å². The minimum Gasteiger partial charge on any atom is -0.352 e. The number of benzene rings is 1. The van der Waals surface area contributed by atoms with E-state index in [4.69, 9.17) is 11.6 Å². The van der Waals surface area contributed by atoms with E-state index in [1.807, 2.05) is 29.2 Å². The van der Waals surface area contributed by atoms with Gasteiger partial charge in [0.05, 0.1) is 6.54 Å². The third-order valence-electron chi connectivity index (χ3n) is 5.69. The largest absolute Gasteiger partial charge is 0.352 e. The first-order valence-electron chi connectivity index (χ1n) is 10.1. The molecule has 0 radical (unpaired) electrons. The van der Waals surface area contributed by atoms with Crippen LogP contribution in [0.5, 0.6) is 0 Å². The highest BCUT2D eigenvalue weighted by atomic mass is 35.5. The Bertz CT molecular complexity index is 636. The van der Waals surface area contributed by atoms with E-state index >= 15 is 0 Å². The molecule has 1 aromatic rings. The van der Waals surface area contributed by atoms with Gasteiger partial charge in [0.2, 0.25) is 11.8 Å². The van der Waals surface area contributed by atoms with Gasteiger partial charge in [-0.2, -0.15) is 0 Å². The van der Waals surface area contributed by atoms with Crippen LogP contribution in [0.4, 0.5) is 0 Å². The lowest BCUT2D eigenvalue weighted by atomic mass is 9.95. The van der Waals surface area contributed by atoms with Crippen molar-refractivity contribution in [3.8, 4) is 0 Å². The number of hydrogen-bond donors (Lipinski definition) is 1. The molecule has 27 heavy (non-hydrogen) atoms. The van der Waals surface area contributed by atoms with E-state index in [0.717, 1.165) is 31.5 Å². The first kappa shape index (κ1) is 20.2. The van der Waals surface area contributed by atoms with Crippen molar-refractivity contribution < 1.29 is 9.59 Å². The number of nitrogens with zero attached hydrogens (tertiary/aromatic N) is 2. The summed E-state index contributed by atoms with van der Waals surface area (Å²) >= 11 is 6.14. The van der Waals surface area contributed by atoms with Crippen molar-refractivity contribution in [1.82, 2.24) is 15.1 Å². The van der Waals surface area contributed by atoms with Crippen LogP contribution in [0.15, 0.2) is 24.3 Å². The van der Waals surface area contributed by atoms with Gasteiger partial charge in [-0.1, -0.05) is 42.6 Å². The molecule has 5 nitrogen and oxygen atoms in total. The minimum atomic E-state index is -0.0188. The molecular weight excluding hydrogens is 362 g/mol. The predicted molar refractivity (Wildman–Crippen MR) is 108 cm³/mol. The molecule has 2 aliphatic heterocycles. The van der Waals surface area contributed by atoms with Crippen molar-refractivity contribution >= 4 is 23.4 Å². The highest BCUT2D eigenvalue weighted by molar-refractivity contribution is 6.31. The minimum absolute atomic E-state index is 0.0188. The van der Waals surface area contributed by atoms with Gasteiger partial charge in [0.1, 0.15) is 0 Å². The number of halogens is 1. The molecule has 0 saturated carbocycles. The van der Waals surface area contributed by atoms with Gasteiger partial charge in [-0.15, -0.1) is 0 Å². The summed E-state index contributed by atoms with van der Waals surface area (Å²) in [4.78, 5) is 29.2. The van der Waals surface area contributed by atoms with Gasteiger partial charge in [0, 0.05) is 30.6 Å². The fraction of sp³-hybridized carbons (Fsp3) is 0.619. The standard InChI is InChI=1S/C21H30ClN3O2/c22-19-8-4-3-7-18(19)15-23-21(27)17-9-13-25(14-10-17)20(26)16-24-11-5-1-2-6-12-24/h3-4,7-8,17H,1-2,5-6,9-16H2,(H,23,27). The van der Waals surface area contributed by atoms with Crippen LogP contribution in [0, 0.1) is 5.92 Å². The highest BCUT2D eigenvalue weighted by Crippen LogP contribution is 2.19. The molecule has 0 aliphatic carbocycles. The molecule has 1 aromatic carbocycles. The van der Waals surface area contributed by atoms with E-state index < -0.39 is 0 Å². The van der Waals surface area contributed by atoms with Gasteiger partial charge in [-0.05, 0) is 50.4 Å². The second kappa shape index (κ2) is 10.1. The molecule has 148 valence electrons. The monoisotopic (exact) mass is 391 g/mol. The molecule has 1 N–H and O–H groups in total. The SMILES string of the molecule is O=C(NCc1ccccc1Cl)C1CCN(C(=O)CN2CCCCCC2)CC1. The predicted octanol–water partition coefficient (Wildman–Crippen LogP) is 3.07. The van der Waals surface area contributed by atoms with E-state index in [1.165, 1.54) is 25.7 Å². The lowest BCUT2D eigenvalue weighted by molar-refractivity contribution is -0.136. The summed E-state index contributed by atoms with van der Waals surface area (Å²) in [5, 5.41) is 3.66. The molecule has 0 unspecified atom stereocenters. The van der Waals surface area contributed by atoms with Gasteiger partial charge in [0.15, 0.2) is 0 Å². The Morgan fingerprint density at radius 2 is 1.67 bits per heavy atom. The number of amides is 2. The second-order valence-corrected chi connectivity index (χ2v) is 8.06. The first-order valence-corrected chi connectivity index (χ1v) is 10.5. The van der Waals surface area contributed by atoms with Gasteiger partial charge >= 0.3 is 0 Å². The zero-order valence-corrected chi connectivity index (χ0v) is 16.7. The van der Waals surface area contributed by atoms with Gasteiger partial charge < -0.3 is 10.2 Å². The molecule has 0 bridgehead atoms. The molecule has 0 spiro atoms. The summed E-state index contributed by atoms with van der Waals surface area (Å²) < 4.78 is 0. The van der Waals surface area contributed by atoms with Crippen molar-refractivity contribution in [3.63, 3.8) is 0 Å². The number of rotatable bonds is 5. The summed E-state index contributed by atoms with van der Waals surface area (Å²) in [5.41, 5.74) is 0.928. The van der Waals surface area contributed by atoms with Crippen LogP contribution in [0.1, 0.15) is 44.1 Å². The number of hydrogen-bond acceptors (Lipinski definition) is 3. The first-order chi connectivity index (χ1) is 13.1. The number of likely N-dealkylation sites (tertiary alicyclic amines) is 2. The average Bonchev–Trinajstić information content (AvgIpc) is 2.96. The van der Waals surface area contributed by atoms with Crippen LogP contribution in [0.25, 0.3) is 0 Å². The fourth-order valence-corrected chi connectivity index (χ4v) is 4.15. The van der Waals surface area contributed by atoms with Crippen molar-refractivity contribution in [2.45, 2.75) is 45.1 Å². The third kappa shape index (κ3) is 5.94. The zero-order valence-electron chi connectivity index (χ0n) is 16.0. The van der Waals surface area contributed by atoms with Crippen molar-refractivity contribution in [1.29, 1.82) is 0 Å². The summed E-state index contributed by atoms with van der Waals surface area (Å²) in [6.07, 6.45) is 6.42. The zero-order chi connectivity index (χ0) is 19.1. The van der Waals surface area contributed by atoms with Crippen LogP contribution in [-0.2, 0) is 16.1 Å². The Kier molecular flexibility index (Phi) is 7.53. The maximum atomic E-state index is 12.6. The highest BCUT2D eigenvalue weighted by Gasteiger charge is 2.28. The maximum Gasteiger partial charge on any atom is 0.236 e. The number of carbonyl (C=O) groups is 2. The lowest BCUT2D eigenvalue weighted by Gasteiger charge is -2.33. The van der Waals surface area contributed by atoms with Crippen molar-refractivity contribution in [2.75, 3.05) is 32.7 Å². The van der Waals surface area contributed by atoms with Gasteiger partial charge in [0.25, 0.3) is 0 Å². The normalized spacial score (nSPS) is 19.5. The molecule has 0 atom stereocenters. The van der Waals surface area contributed by atoms with E-state index in [-0.39, 0.29) is 17.7 Å². The summed E-state index contributed by atoms with van der Waals surface area (Å²) in [5.74, 6) is 0.260. The van der Waals surface area contributed by atoms with E-state index in [0.29, 0.717) is 31.2 Å². The molecule has 2 saturated heterocycles. The molecule has 2 aliphatic rings. The van der Waals surface area contributed by atoms with Crippen LogP contribution < -0.4 is 5.32 Å². The van der Waals surface area contributed by atoms with Gasteiger partial charge in [-0.3, -0.25) is 14.5 Å². The van der Waals surface area contributed by atoms with Crippen LogP contribution in [0.3, 0.4) is 0 Å². The second-order valence-electron chi connectivity index (χ2n) is 7.65. The number of nitrogens with one attached hydrogen (secondary N) is 1. The number of carbonyl (C=O) groups excluding carboxylic acids is 2. The molecular formula is C21H30ClN3O2. The molecule has 2 amide bonds. The molecule has 2 heterocycles. The Hall–Kier alpha value is -1.59. The topological polar surface area (TPSA) is 52.7 Å². The maximum absolute atomic E-state index is 12.6. The van der Waals surface area contributed by atoms with Gasteiger partial charge in [-0.25, -0.2) is 0 Å². The van der Waals surface area contributed by atoms with Crippen molar-refractivity contribution in [2.24, 2.45) is 5.92 Å². The van der Waals surface area contributed by atoms with E-state index in [2.05, 4.69) is 10.2 Å².